The molecule has 1 amide bonds. The Morgan fingerprint density at radius 1 is 1.32 bits per heavy atom. The van der Waals surface area contributed by atoms with Gasteiger partial charge in [-0.05, 0) is 38.6 Å². The van der Waals surface area contributed by atoms with Gasteiger partial charge in [0.25, 0.3) is 5.91 Å². The number of methoxy groups -OCH3 is 1. The highest BCUT2D eigenvalue weighted by atomic mass is 32.2. The number of hydrogen-bond acceptors (Lipinski definition) is 6. The van der Waals surface area contributed by atoms with Gasteiger partial charge in [0.1, 0.15) is 5.75 Å². The number of hydrogen-bond donors (Lipinski definition) is 1. The lowest BCUT2D eigenvalue weighted by molar-refractivity contribution is 0.0730. The van der Waals surface area contributed by atoms with Crippen LogP contribution in [0, 0.1) is 0 Å². The minimum absolute atomic E-state index is 0.0812. The molecule has 1 fully saturated rings. The zero-order valence-corrected chi connectivity index (χ0v) is 17.9. The Bertz CT molecular complexity index is 761. The van der Waals surface area contributed by atoms with Crippen LogP contribution in [0.4, 0.5) is 0 Å². The van der Waals surface area contributed by atoms with Crippen molar-refractivity contribution in [1.82, 2.24) is 14.5 Å². The Hall–Kier alpha value is -1.68. The standard InChI is InChI=1S/C19H31N3O5S/c1-5-21(15(2)3)9-8-20-19(23)17-14-16(6-7-18(17)26-4)28(24,25)22-10-12-27-13-11-22/h6-7,14-15H,5,8-13H2,1-4H3,(H,20,23). The van der Waals surface area contributed by atoms with E-state index >= 15 is 0 Å². The third-order valence-electron chi connectivity index (χ3n) is 4.84. The van der Waals surface area contributed by atoms with E-state index in [1.165, 1.54) is 29.6 Å². The first-order chi connectivity index (χ1) is 13.3. The first-order valence-corrected chi connectivity index (χ1v) is 11.0. The summed E-state index contributed by atoms with van der Waals surface area (Å²) in [5, 5.41) is 2.86. The lowest BCUT2D eigenvalue weighted by Gasteiger charge is -2.26. The van der Waals surface area contributed by atoms with E-state index in [4.69, 9.17) is 9.47 Å². The van der Waals surface area contributed by atoms with Crippen molar-refractivity contribution in [2.45, 2.75) is 31.7 Å². The van der Waals surface area contributed by atoms with Crippen LogP contribution in [0.15, 0.2) is 23.1 Å². The van der Waals surface area contributed by atoms with Crippen molar-refractivity contribution in [1.29, 1.82) is 0 Å². The molecule has 0 spiro atoms. The summed E-state index contributed by atoms with van der Waals surface area (Å²) in [4.78, 5) is 15.0. The Kier molecular flexibility index (Phi) is 8.23. The Morgan fingerprint density at radius 2 is 2.00 bits per heavy atom. The van der Waals surface area contributed by atoms with Gasteiger partial charge in [-0.1, -0.05) is 6.92 Å². The fourth-order valence-corrected chi connectivity index (χ4v) is 4.59. The molecule has 9 heteroatoms. The molecule has 0 unspecified atom stereocenters. The van der Waals surface area contributed by atoms with E-state index in [9.17, 15) is 13.2 Å². The molecular weight excluding hydrogens is 382 g/mol. The lowest BCUT2D eigenvalue weighted by atomic mass is 10.2. The quantitative estimate of drug-likeness (QED) is 0.654. The zero-order valence-electron chi connectivity index (χ0n) is 17.1. The summed E-state index contributed by atoms with van der Waals surface area (Å²) < 4.78 is 37.6. The van der Waals surface area contributed by atoms with E-state index in [0.29, 0.717) is 51.2 Å². The minimum Gasteiger partial charge on any atom is -0.496 e. The van der Waals surface area contributed by atoms with Crippen molar-refractivity contribution < 1.29 is 22.7 Å². The molecule has 0 aromatic heterocycles. The maximum Gasteiger partial charge on any atom is 0.255 e. The van der Waals surface area contributed by atoms with Crippen LogP contribution in [0.1, 0.15) is 31.1 Å². The normalized spacial score (nSPS) is 15.8. The van der Waals surface area contributed by atoms with Crippen molar-refractivity contribution in [2.24, 2.45) is 0 Å². The third kappa shape index (κ3) is 5.44. The number of amides is 1. The molecule has 1 aliphatic rings. The maximum atomic E-state index is 12.9. The van der Waals surface area contributed by atoms with Crippen LogP contribution in [-0.2, 0) is 14.8 Å². The van der Waals surface area contributed by atoms with Crippen molar-refractivity contribution in [3.63, 3.8) is 0 Å². The number of likely N-dealkylation sites (N-methyl/N-ethyl adjacent to an activating group) is 1. The monoisotopic (exact) mass is 413 g/mol. The fourth-order valence-electron chi connectivity index (χ4n) is 3.15. The number of nitrogens with one attached hydrogen (secondary N) is 1. The largest absolute Gasteiger partial charge is 0.496 e. The van der Waals surface area contributed by atoms with E-state index in [-0.39, 0.29) is 16.4 Å². The smallest absolute Gasteiger partial charge is 0.255 e. The van der Waals surface area contributed by atoms with Gasteiger partial charge in [-0.2, -0.15) is 4.31 Å². The molecule has 2 rings (SSSR count). The van der Waals surface area contributed by atoms with E-state index in [2.05, 4.69) is 31.0 Å². The summed E-state index contributed by atoms with van der Waals surface area (Å²) in [5.41, 5.74) is 0.212. The zero-order chi connectivity index (χ0) is 20.7. The van der Waals surface area contributed by atoms with Gasteiger partial charge >= 0.3 is 0 Å². The van der Waals surface area contributed by atoms with Gasteiger partial charge in [-0.25, -0.2) is 8.42 Å². The molecule has 1 aliphatic heterocycles. The number of carbonyl (C=O) groups is 1. The molecule has 28 heavy (non-hydrogen) atoms. The lowest BCUT2D eigenvalue weighted by Crippen LogP contribution is -2.40. The summed E-state index contributed by atoms with van der Waals surface area (Å²) in [6, 6.07) is 4.77. The van der Waals surface area contributed by atoms with E-state index < -0.39 is 10.0 Å². The average molecular weight is 414 g/mol. The molecule has 0 saturated carbocycles. The third-order valence-corrected chi connectivity index (χ3v) is 6.74. The minimum atomic E-state index is -3.68. The molecule has 8 nitrogen and oxygen atoms in total. The molecule has 1 aromatic rings. The van der Waals surface area contributed by atoms with E-state index in [1.807, 2.05) is 0 Å². The fraction of sp³-hybridized carbons (Fsp3) is 0.632. The molecule has 1 saturated heterocycles. The van der Waals surface area contributed by atoms with E-state index in [0.717, 1.165) is 6.54 Å². The second-order valence-corrected chi connectivity index (χ2v) is 8.79. The predicted octanol–water partition coefficient (Wildman–Crippen LogP) is 1.18. The van der Waals surface area contributed by atoms with Gasteiger partial charge in [0.15, 0.2) is 0 Å². The molecular formula is C19H31N3O5S. The predicted molar refractivity (Wildman–Crippen MR) is 107 cm³/mol. The van der Waals surface area contributed by atoms with Crippen LogP contribution in [0.5, 0.6) is 5.75 Å². The second kappa shape index (κ2) is 10.2. The summed E-state index contributed by atoms with van der Waals surface area (Å²) in [5.74, 6) is -0.00896. The van der Waals surface area contributed by atoms with Crippen LogP contribution in [-0.4, -0.2) is 82.6 Å². The summed E-state index contributed by atoms with van der Waals surface area (Å²) >= 11 is 0. The number of sulfonamides is 1. The van der Waals surface area contributed by atoms with Crippen molar-refractivity contribution in [3.8, 4) is 5.75 Å². The first kappa shape index (κ1) is 22.6. The molecule has 0 aliphatic carbocycles. The highest BCUT2D eigenvalue weighted by Gasteiger charge is 2.28. The number of carbonyl (C=O) groups excluding carboxylic acids is 1. The molecule has 158 valence electrons. The van der Waals surface area contributed by atoms with E-state index in [1.54, 1.807) is 0 Å². The summed E-state index contributed by atoms with van der Waals surface area (Å²) in [6.07, 6.45) is 0. The summed E-state index contributed by atoms with van der Waals surface area (Å²) in [7, 11) is -2.22. The van der Waals surface area contributed by atoms with Gasteiger partial charge in [0.2, 0.25) is 10.0 Å². The van der Waals surface area contributed by atoms with Gasteiger partial charge in [-0.15, -0.1) is 0 Å². The Balaban J connectivity index is 2.16. The topological polar surface area (TPSA) is 88.2 Å². The molecule has 0 atom stereocenters. The van der Waals surface area contributed by atoms with Crippen LogP contribution in [0.25, 0.3) is 0 Å². The maximum absolute atomic E-state index is 12.9. The van der Waals surface area contributed by atoms with Crippen LogP contribution in [0.2, 0.25) is 0 Å². The van der Waals surface area contributed by atoms with Crippen molar-refractivity contribution in [3.05, 3.63) is 23.8 Å². The SMILES string of the molecule is CCN(CCNC(=O)c1cc(S(=O)(=O)N2CCOCC2)ccc1OC)C(C)C. The number of morpholine rings is 1. The van der Waals surface area contributed by atoms with Crippen molar-refractivity contribution in [2.75, 3.05) is 53.0 Å². The molecule has 1 N–H and O–H groups in total. The van der Waals surface area contributed by atoms with Gasteiger partial charge in [0.05, 0.1) is 30.8 Å². The van der Waals surface area contributed by atoms with Crippen LogP contribution >= 0.6 is 0 Å². The average Bonchev–Trinajstić information content (AvgIpc) is 2.70. The van der Waals surface area contributed by atoms with Gasteiger partial charge in [0, 0.05) is 32.2 Å². The molecule has 1 aromatic carbocycles. The number of ether oxygens (including phenoxy) is 2. The summed E-state index contributed by atoms with van der Waals surface area (Å²) in [6.45, 7) is 9.70. The van der Waals surface area contributed by atoms with Crippen molar-refractivity contribution >= 4 is 15.9 Å². The molecule has 1 heterocycles. The highest BCUT2D eigenvalue weighted by molar-refractivity contribution is 7.89. The second-order valence-electron chi connectivity index (χ2n) is 6.86. The van der Waals surface area contributed by atoms with Gasteiger partial charge < -0.3 is 14.8 Å². The number of nitrogens with zero attached hydrogens (tertiary/aromatic N) is 2. The van der Waals surface area contributed by atoms with Crippen LogP contribution < -0.4 is 10.1 Å². The van der Waals surface area contributed by atoms with Crippen LogP contribution in [0.3, 0.4) is 0 Å². The molecule has 0 bridgehead atoms. The number of rotatable bonds is 9. The molecule has 0 radical (unpaired) electrons. The Morgan fingerprint density at radius 3 is 2.57 bits per heavy atom. The van der Waals surface area contributed by atoms with Gasteiger partial charge in [-0.3, -0.25) is 9.69 Å². The Labute approximate surface area is 167 Å². The first-order valence-electron chi connectivity index (χ1n) is 9.59. The highest BCUT2D eigenvalue weighted by Crippen LogP contribution is 2.25. The number of benzene rings is 1.